The zero-order valence-electron chi connectivity index (χ0n) is 15.9. The second kappa shape index (κ2) is 9.21. The fraction of sp³-hybridized carbons (Fsp3) is 0.273. The van der Waals surface area contributed by atoms with Gasteiger partial charge in [0.2, 0.25) is 5.91 Å². The van der Waals surface area contributed by atoms with Gasteiger partial charge in [-0.15, -0.1) is 0 Å². The van der Waals surface area contributed by atoms with Crippen molar-refractivity contribution >= 4 is 46.6 Å². The highest BCUT2D eigenvalue weighted by atomic mass is 35.5. The molecule has 0 N–H and O–H groups in total. The number of halogens is 3. The van der Waals surface area contributed by atoms with Crippen LogP contribution in [0.15, 0.2) is 55.1 Å². The van der Waals surface area contributed by atoms with E-state index >= 15 is 0 Å². The number of rotatable bonds is 4. The second-order valence-electron chi connectivity index (χ2n) is 7.05. The number of hydrogen-bond donors (Lipinski definition) is 0. The number of benzene rings is 2. The number of nitrogens with zero attached hydrogens (tertiary/aromatic N) is 2. The third-order valence-electron chi connectivity index (χ3n) is 5.34. The van der Waals surface area contributed by atoms with Crippen LogP contribution >= 0.6 is 34.8 Å². The van der Waals surface area contributed by atoms with Gasteiger partial charge in [-0.3, -0.25) is 9.59 Å². The van der Waals surface area contributed by atoms with Gasteiger partial charge in [0.05, 0.1) is 10.0 Å². The molecule has 152 valence electrons. The Kier molecular flexibility index (Phi) is 6.89. The molecule has 1 fully saturated rings. The molecule has 1 aliphatic rings. The van der Waals surface area contributed by atoms with E-state index in [0.717, 1.165) is 5.56 Å². The number of carbonyl (C=O) groups is 2. The molecule has 0 aromatic heterocycles. The van der Waals surface area contributed by atoms with Gasteiger partial charge in [-0.05, 0) is 54.5 Å². The Bertz CT molecular complexity index is 930. The third kappa shape index (κ3) is 4.77. The summed E-state index contributed by atoms with van der Waals surface area (Å²) in [5.74, 6) is -0.330. The topological polar surface area (TPSA) is 40.6 Å². The molecule has 0 aliphatic carbocycles. The van der Waals surface area contributed by atoms with Crippen LogP contribution in [0, 0.1) is 0 Å². The smallest absolute Gasteiger partial charge is 0.253 e. The molecule has 4 nitrogen and oxygen atoms in total. The monoisotopic (exact) mass is 450 g/mol. The minimum absolute atomic E-state index is 0.0970. The zero-order chi connectivity index (χ0) is 21.1. The Labute approximate surface area is 185 Å². The Morgan fingerprint density at radius 3 is 2.41 bits per heavy atom. The van der Waals surface area contributed by atoms with Crippen LogP contribution in [0.1, 0.15) is 28.3 Å². The summed E-state index contributed by atoms with van der Waals surface area (Å²) in [5.41, 5.74) is 1.50. The highest BCUT2D eigenvalue weighted by Crippen LogP contribution is 2.34. The van der Waals surface area contributed by atoms with Crippen LogP contribution in [0.2, 0.25) is 15.1 Å². The maximum Gasteiger partial charge on any atom is 0.253 e. The molecule has 0 saturated carbocycles. The van der Waals surface area contributed by atoms with Gasteiger partial charge in [0.15, 0.2) is 0 Å². The number of amides is 2. The minimum Gasteiger partial charge on any atom is -0.338 e. The van der Waals surface area contributed by atoms with Crippen LogP contribution in [-0.4, -0.2) is 47.8 Å². The molecule has 7 heteroatoms. The molecule has 3 rings (SSSR count). The predicted octanol–water partition coefficient (Wildman–Crippen LogP) is 5.29. The van der Waals surface area contributed by atoms with E-state index in [1.807, 2.05) is 12.1 Å². The average molecular weight is 452 g/mol. The molecule has 2 amide bonds. The summed E-state index contributed by atoms with van der Waals surface area (Å²) in [6.07, 6.45) is 1.95. The van der Waals surface area contributed by atoms with Crippen molar-refractivity contribution in [3.63, 3.8) is 0 Å². The lowest BCUT2D eigenvalue weighted by molar-refractivity contribution is -0.127. The Morgan fingerprint density at radius 2 is 1.79 bits per heavy atom. The number of hydrogen-bond acceptors (Lipinski definition) is 2. The summed E-state index contributed by atoms with van der Waals surface area (Å²) in [6, 6.07) is 12.2. The van der Waals surface area contributed by atoms with Gasteiger partial charge in [0, 0.05) is 42.7 Å². The largest absolute Gasteiger partial charge is 0.338 e. The summed E-state index contributed by atoms with van der Waals surface area (Å²) >= 11 is 18.3. The van der Waals surface area contributed by atoms with Gasteiger partial charge < -0.3 is 9.80 Å². The van der Waals surface area contributed by atoms with E-state index in [2.05, 4.69) is 6.58 Å². The average Bonchev–Trinajstić information content (AvgIpc) is 2.74. The summed E-state index contributed by atoms with van der Waals surface area (Å²) in [5, 5.41) is 1.49. The molecule has 1 heterocycles. The summed E-state index contributed by atoms with van der Waals surface area (Å²) < 4.78 is 0. The fourth-order valence-corrected chi connectivity index (χ4v) is 4.18. The van der Waals surface area contributed by atoms with E-state index in [1.54, 1.807) is 47.2 Å². The Balaban J connectivity index is 1.92. The lowest BCUT2D eigenvalue weighted by Crippen LogP contribution is -2.51. The summed E-state index contributed by atoms with van der Waals surface area (Å²) in [4.78, 5) is 28.7. The van der Waals surface area contributed by atoms with E-state index < -0.39 is 0 Å². The van der Waals surface area contributed by atoms with Gasteiger partial charge >= 0.3 is 0 Å². The van der Waals surface area contributed by atoms with Crippen molar-refractivity contribution in [3.8, 4) is 0 Å². The van der Waals surface area contributed by atoms with Crippen LogP contribution < -0.4 is 0 Å². The van der Waals surface area contributed by atoms with Crippen LogP contribution in [0.25, 0.3) is 0 Å². The normalized spacial score (nSPS) is 19.0. The van der Waals surface area contributed by atoms with Crippen molar-refractivity contribution < 1.29 is 9.59 Å². The summed E-state index contributed by atoms with van der Waals surface area (Å²) in [7, 11) is 1.79. The molecule has 29 heavy (non-hydrogen) atoms. The molecule has 0 spiro atoms. The number of carbonyl (C=O) groups excluding carboxylic acids is 2. The van der Waals surface area contributed by atoms with Gasteiger partial charge in [0.25, 0.3) is 5.91 Å². The number of likely N-dealkylation sites (tertiary alicyclic amines) is 1. The van der Waals surface area contributed by atoms with Crippen LogP contribution in [0.5, 0.6) is 0 Å². The first-order valence-electron chi connectivity index (χ1n) is 9.21. The van der Waals surface area contributed by atoms with Crippen molar-refractivity contribution in [2.45, 2.75) is 18.4 Å². The molecule has 0 radical (unpaired) electrons. The van der Waals surface area contributed by atoms with Gasteiger partial charge in [-0.1, -0.05) is 47.4 Å². The lowest BCUT2D eigenvalue weighted by Gasteiger charge is -2.42. The Hall–Kier alpha value is -2.01. The fourth-order valence-electron chi connectivity index (χ4n) is 3.75. The second-order valence-corrected chi connectivity index (χ2v) is 8.30. The van der Waals surface area contributed by atoms with Crippen molar-refractivity contribution in [2.24, 2.45) is 0 Å². The first-order chi connectivity index (χ1) is 13.8. The van der Waals surface area contributed by atoms with E-state index in [9.17, 15) is 9.59 Å². The summed E-state index contributed by atoms with van der Waals surface area (Å²) in [6.45, 7) is 4.59. The molecule has 2 aromatic carbocycles. The van der Waals surface area contributed by atoms with Gasteiger partial charge in [0.1, 0.15) is 0 Å². The zero-order valence-corrected chi connectivity index (χ0v) is 18.2. The van der Waals surface area contributed by atoms with E-state index in [-0.39, 0.29) is 23.8 Å². The number of piperidine rings is 1. The van der Waals surface area contributed by atoms with E-state index in [0.29, 0.717) is 40.1 Å². The maximum atomic E-state index is 13.1. The molecule has 0 unspecified atom stereocenters. The SMILES string of the molecule is C=CC(=O)N1CC[C@@H](N(C)C(=O)c2ccc(Cl)cc2)[C@H](c2ccc(Cl)c(Cl)c2)C1. The molecule has 1 aliphatic heterocycles. The molecule has 2 atom stereocenters. The molecule has 2 aromatic rings. The van der Waals surface area contributed by atoms with Crippen molar-refractivity contribution in [3.05, 3.63) is 81.3 Å². The lowest BCUT2D eigenvalue weighted by atomic mass is 9.84. The molecular formula is C22H21Cl3N2O2. The first-order valence-corrected chi connectivity index (χ1v) is 10.3. The standard InChI is InChI=1S/C22H21Cl3N2O2/c1-3-21(28)27-11-10-20(17(13-27)15-6-9-18(24)19(25)12-15)26(2)22(29)14-4-7-16(23)8-5-14/h3-9,12,17,20H,1,10-11,13H2,2H3/t17-,20+/m0/s1. The van der Waals surface area contributed by atoms with Crippen molar-refractivity contribution in [1.82, 2.24) is 9.80 Å². The third-order valence-corrected chi connectivity index (χ3v) is 6.33. The predicted molar refractivity (Wildman–Crippen MR) is 118 cm³/mol. The van der Waals surface area contributed by atoms with Crippen LogP contribution in [0.4, 0.5) is 0 Å². The van der Waals surface area contributed by atoms with E-state index in [4.69, 9.17) is 34.8 Å². The van der Waals surface area contributed by atoms with Crippen LogP contribution in [-0.2, 0) is 4.79 Å². The highest BCUT2D eigenvalue weighted by Gasteiger charge is 2.36. The highest BCUT2D eigenvalue weighted by molar-refractivity contribution is 6.42. The van der Waals surface area contributed by atoms with Crippen LogP contribution in [0.3, 0.4) is 0 Å². The Morgan fingerprint density at radius 1 is 1.10 bits per heavy atom. The van der Waals surface area contributed by atoms with Gasteiger partial charge in [-0.2, -0.15) is 0 Å². The van der Waals surface area contributed by atoms with Crippen molar-refractivity contribution in [2.75, 3.05) is 20.1 Å². The molecular weight excluding hydrogens is 431 g/mol. The van der Waals surface area contributed by atoms with Gasteiger partial charge in [-0.25, -0.2) is 0 Å². The molecule has 1 saturated heterocycles. The number of likely N-dealkylation sites (N-methyl/N-ethyl adjacent to an activating group) is 1. The van der Waals surface area contributed by atoms with Crippen molar-refractivity contribution in [1.29, 1.82) is 0 Å². The maximum absolute atomic E-state index is 13.1. The van der Waals surface area contributed by atoms with E-state index in [1.165, 1.54) is 6.08 Å². The minimum atomic E-state index is -0.125. The first kappa shape index (κ1) is 21.7. The molecule has 0 bridgehead atoms. The quantitative estimate of drug-likeness (QED) is 0.593.